The molecule has 0 bridgehead atoms. The van der Waals surface area contributed by atoms with Crippen LogP contribution in [0.25, 0.3) is 0 Å². The first-order valence-corrected chi connectivity index (χ1v) is 3.57. The first kappa shape index (κ1) is 10.6. The summed E-state index contributed by atoms with van der Waals surface area (Å²) in [5.41, 5.74) is 0.835. The minimum atomic E-state index is -0.301. The van der Waals surface area contributed by atoms with E-state index in [-0.39, 0.29) is 18.2 Å². The second-order valence-electron chi connectivity index (χ2n) is 2.67. The van der Waals surface area contributed by atoms with E-state index in [1.54, 1.807) is 13.8 Å². The summed E-state index contributed by atoms with van der Waals surface area (Å²) in [6, 6.07) is 0. The van der Waals surface area contributed by atoms with Crippen LogP contribution < -0.4 is 5.32 Å². The quantitative estimate of drug-likeness (QED) is 0.630. The van der Waals surface area contributed by atoms with E-state index in [1.165, 1.54) is 0 Å². The average molecular weight is 167 g/mol. The van der Waals surface area contributed by atoms with Gasteiger partial charge in [0.1, 0.15) is 0 Å². The number of amides is 1. The zero-order valence-electron chi connectivity index (χ0n) is 7.44. The van der Waals surface area contributed by atoms with Crippen molar-refractivity contribution in [2.45, 2.75) is 13.8 Å². The topological polar surface area (TPSA) is 46.2 Å². The highest BCUT2D eigenvalue weighted by Crippen LogP contribution is 1.89. The maximum atomic E-state index is 10.9. The highest BCUT2D eigenvalue weighted by atomic mass is 16.2. The smallest absolute Gasteiger partial charge is 0.246 e. The molecule has 0 fully saturated rings. The Balaban J connectivity index is 3.85. The van der Waals surface area contributed by atoms with Crippen LogP contribution in [-0.2, 0) is 9.59 Å². The van der Waals surface area contributed by atoms with Gasteiger partial charge in [-0.05, 0) is 19.4 Å². The maximum Gasteiger partial charge on any atom is 0.246 e. The van der Waals surface area contributed by atoms with Crippen molar-refractivity contribution in [3.8, 4) is 0 Å². The minimum Gasteiger partial charge on any atom is -0.345 e. The molecule has 3 heteroatoms. The normalized spacial score (nSPS) is 8.83. The number of ketones is 1. The van der Waals surface area contributed by atoms with Gasteiger partial charge in [-0.2, -0.15) is 0 Å². The molecule has 0 heterocycles. The van der Waals surface area contributed by atoms with Crippen LogP contribution in [0.1, 0.15) is 13.8 Å². The third-order valence-corrected chi connectivity index (χ3v) is 1.27. The van der Waals surface area contributed by atoms with Crippen LogP contribution in [0, 0.1) is 0 Å². The highest BCUT2D eigenvalue weighted by molar-refractivity contribution is 6.00. The van der Waals surface area contributed by atoms with E-state index >= 15 is 0 Å². The number of hydrogen-bond donors (Lipinski definition) is 1. The van der Waals surface area contributed by atoms with Gasteiger partial charge in [-0.3, -0.25) is 9.59 Å². The van der Waals surface area contributed by atoms with Gasteiger partial charge >= 0.3 is 0 Å². The number of hydrogen-bond acceptors (Lipinski definition) is 2. The Bertz CT molecular complexity index is 215. The Morgan fingerprint density at radius 2 is 1.67 bits per heavy atom. The molecule has 0 aliphatic rings. The van der Waals surface area contributed by atoms with Crippen molar-refractivity contribution in [2.75, 3.05) is 6.54 Å². The van der Waals surface area contributed by atoms with E-state index in [4.69, 9.17) is 0 Å². The molecule has 0 aliphatic carbocycles. The largest absolute Gasteiger partial charge is 0.345 e. The van der Waals surface area contributed by atoms with Crippen LogP contribution >= 0.6 is 0 Å². The molecular weight excluding hydrogens is 154 g/mol. The van der Waals surface area contributed by atoms with E-state index in [2.05, 4.69) is 18.5 Å². The van der Waals surface area contributed by atoms with Crippen molar-refractivity contribution < 1.29 is 9.59 Å². The van der Waals surface area contributed by atoms with Crippen LogP contribution in [0.2, 0.25) is 0 Å². The summed E-state index contributed by atoms with van der Waals surface area (Å²) in [4.78, 5) is 21.8. The summed E-state index contributed by atoms with van der Waals surface area (Å²) in [7, 11) is 0. The standard InChI is InChI=1S/C9H13NO2/c1-6(2)8(11)5-10-9(12)7(3)4/h1,3,5H2,2,4H3,(H,10,12). The third kappa shape index (κ3) is 3.71. The van der Waals surface area contributed by atoms with Gasteiger partial charge in [-0.15, -0.1) is 0 Å². The molecule has 0 rings (SSSR count). The second-order valence-corrected chi connectivity index (χ2v) is 2.67. The molecule has 1 amide bonds. The highest BCUT2D eigenvalue weighted by Gasteiger charge is 2.05. The van der Waals surface area contributed by atoms with Gasteiger partial charge in [-0.25, -0.2) is 0 Å². The van der Waals surface area contributed by atoms with E-state index in [0.717, 1.165) is 0 Å². The van der Waals surface area contributed by atoms with Gasteiger partial charge in [0.25, 0.3) is 0 Å². The lowest BCUT2D eigenvalue weighted by Crippen LogP contribution is -2.29. The molecule has 0 aromatic heterocycles. The second kappa shape index (κ2) is 4.49. The zero-order chi connectivity index (χ0) is 9.72. The Morgan fingerprint density at radius 1 is 1.17 bits per heavy atom. The fourth-order valence-electron chi connectivity index (χ4n) is 0.462. The van der Waals surface area contributed by atoms with Crippen LogP contribution in [0.4, 0.5) is 0 Å². The van der Waals surface area contributed by atoms with Crippen molar-refractivity contribution in [3.63, 3.8) is 0 Å². The molecule has 0 saturated carbocycles. The van der Waals surface area contributed by atoms with Gasteiger partial charge in [0.2, 0.25) is 5.91 Å². The summed E-state index contributed by atoms with van der Waals surface area (Å²) >= 11 is 0. The van der Waals surface area contributed by atoms with Gasteiger partial charge in [0.05, 0.1) is 6.54 Å². The van der Waals surface area contributed by atoms with Crippen molar-refractivity contribution >= 4 is 11.7 Å². The zero-order valence-corrected chi connectivity index (χ0v) is 7.44. The van der Waals surface area contributed by atoms with Crippen molar-refractivity contribution in [2.24, 2.45) is 0 Å². The van der Waals surface area contributed by atoms with Crippen LogP contribution in [0.3, 0.4) is 0 Å². The van der Waals surface area contributed by atoms with Gasteiger partial charge in [-0.1, -0.05) is 13.2 Å². The number of carbonyl (C=O) groups excluding carboxylic acids is 2. The number of carbonyl (C=O) groups is 2. The molecule has 0 aromatic rings. The third-order valence-electron chi connectivity index (χ3n) is 1.27. The average Bonchev–Trinajstić information content (AvgIpc) is 1.98. The van der Waals surface area contributed by atoms with Crippen molar-refractivity contribution in [1.82, 2.24) is 5.32 Å². The van der Waals surface area contributed by atoms with Gasteiger partial charge < -0.3 is 5.32 Å². The summed E-state index contributed by atoms with van der Waals surface area (Å²) < 4.78 is 0. The van der Waals surface area contributed by atoms with Crippen LogP contribution in [-0.4, -0.2) is 18.2 Å². The minimum absolute atomic E-state index is 0.00102. The fraction of sp³-hybridized carbons (Fsp3) is 0.333. The lowest BCUT2D eigenvalue weighted by molar-refractivity contribution is -0.121. The first-order chi connectivity index (χ1) is 5.45. The molecule has 0 aromatic carbocycles. The summed E-state index contributed by atoms with van der Waals surface area (Å²) in [5, 5.41) is 2.41. The molecule has 12 heavy (non-hydrogen) atoms. The van der Waals surface area contributed by atoms with Crippen molar-refractivity contribution in [3.05, 3.63) is 24.3 Å². The molecule has 66 valence electrons. The fourth-order valence-corrected chi connectivity index (χ4v) is 0.462. The van der Waals surface area contributed by atoms with E-state index < -0.39 is 0 Å². The van der Waals surface area contributed by atoms with E-state index in [0.29, 0.717) is 11.1 Å². The summed E-state index contributed by atoms with van der Waals surface area (Å²) in [6.45, 7) is 10.1. The molecule has 0 spiro atoms. The summed E-state index contributed by atoms with van der Waals surface area (Å²) in [5.74, 6) is -0.464. The monoisotopic (exact) mass is 167 g/mol. The predicted molar refractivity (Wildman–Crippen MR) is 47.6 cm³/mol. The van der Waals surface area contributed by atoms with Gasteiger partial charge in [0.15, 0.2) is 5.78 Å². The molecular formula is C9H13NO2. The lowest BCUT2D eigenvalue weighted by Gasteiger charge is -2.02. The molecule has 0 atom stereocenters. The predicted octanol–water partition coefficient (Wildman–Crippen LogP) is 0.824. The molecule has 0 saturated heterocycles. The van der Waals surface area contributed by atoms with Gasteiger partial charge in [0, 0.05) is 5.57 Å². The van der Waals surface area contributed by atoms with Crippen molar-refractivity contribution in [1.29, 1.82) is 0 Å². The molecule has 0 unspecified atom stereocenters. The Kier molecular flexibility index (Phi) is 3.97. The SMILES string of the molecule is C=C(C)C(=O)CNC(=O)C(=C)C. The summed E-state index contributed by atoms with van der Waals surface area (Å²) in [6.07, 6.45) is 0. The molecule has 0 aliphatic heterocycles. The van der Waals surface area contributed by atoms with Crippen LogP contribution in [0.5, 0.6) is 0 Å². The Hall–Kier alpha value is -1.38. The molecule has 0 radical (unpaired) electrons. The van der Waals surface area contributed by atoms with Crippen LogP contribution in [0.15, 0.2) is 24.3 Å². The van der Waals surface area contributed by atoms with E-state index in [1.807, 2.05) is 0 Å². The first-order valence-electron chi connectivity index (χ1n) is 3.57. The Labute approximate surface area is 72.2 Å². The number of nitrogens with one attached hydrogen (secondary N) is 1. The molecule has 3 nitrogen and oxygen atoms in total. The number of rotatable bonds is 4. The molecule has 1 N–H and O–H groups in total. The van der Waals surface area contributed by atoms with E-state index in [9.17, 15) is 9.59 Å². The Morgan fingerprint density at radius 3 is 2.00 bits per heavy atom. The number of Topliss-reactive ketones (excluding diaryl/α,β-unsaturated/α-hetero) is 1. The maximum absolute atomic E-state index is 10.9. The lowest BCUT2D eigenvalue weighted by atomic mass is 10.2.